The molecule has 1 aliphatic rings. The molecule has 4 aromatic rings. The number of hydrogen-bond acceptors (Lipinski definition) is 3. The Bertz CT molecular complexity index is 1290. The number of hydrogen-bond donors (Lipinski definition) is 2. The van der Waals surface area contributed by atoms with Crippen molar-refractivity contribution in [2.75, 3.05) is 13.2 Å². The summed E-state index contributed by atoms with van der Waals surface area (Å²) < 4.78 is 5.54. The number of aromatic nitrogens is 1. The van der Waals surface area contributed by atoms with E-state index in [1.165, 1.54) is 22.3 Å². The van der Waals surface area contributed by atoms with E-state index in [0.29, 0.717) is 18.7 Å². The van der Waals surface area contributed by atoms with Gasteiger partial charge in [-0.2, -0.15) is 0 Å². The van der Waals surface area contributed by atoms with Gasteiger partial charge < -0.3 is 15.0 Å². The SMILES string of the molecule is O=Cc1c[nH]c2ccc(C=CCNC(=O)OCC3c4ccccc4-c4ccccc43)cc12. The fourth-order valence-electron chi connectivity index (χ4n) is 4.35. The first-order valence-electron chi connectivity index (χ1n) is 10.6. The van der Waals surface area contributed by atoms with Gasteiger partial charge in [0.1, 0.15) is 6.61 Å². The molecular formula is C27H22N2O3. The third-order valence-corrected chi connectivity index (χ3v) is 5.88. The molecule has 3 aromatic carbocycles. The zero-order chi connectivity index (χ0) is 21.9. The fraction of sp³-hybridized carbons (Fsp3) is 0.111. The Hall–Kier alpha value is -4.12. The van der Waals surface area contributed by atoms with Crippen molar-refractivity contribution in [3.05, 3.63) is 101 Å². The van der Waals surface area contributed by atoms with Crippen molar-refractivity contribution in [1.82, 2.24) is 10.3 Å². The van der Waals surface area contributed by atoms with Gasteiger partial charge in [-0.05, 0) is 39.9 Å². The van der Waals surface area contributed by atoms with E-state index in [1.54, 1.807) is 6.20 Å². The normalized spacial score (nSPS) is 12.6. The highest BCUT2D eigenvalue weighted by atomic mass is 16.5. The highest BCUT2D eigenvalue weighted by Gasteiger charge is 2.28. The third kappa shape index (κ3) is 3.69. The predicted molar refractivity (Wildman–Crippen MR) is 126 cm³/mol. The number of carbonyl (C=O) groups excluding carboxylic acids is 2. The van der Waals surface area contributed by atoms with Gasteiger partial charge >= 0.3 is 6.09 Å². The van der Waals surface area contributed by atoms with E-state index in [-0.39, 0.29) is 5.92 Å². The van der Waals surface area contributed by atoms with E-state index in [4.69, 9.17) is 4.74 Å². The number of amides is 1. The summed E-state index contributed by atoms with van der Waals surface area (Å²) in [7, 11) is 0. The van der Waals surface area contributed by atoms with E-state index in [9.17, 15) is 9.59 Å². The molecule has 1 amide bonds. The van der Waals surface area contributed by atoms with Gasteiger partial charge in [0.05, 0.1) is 0 Å². The molecule has 1 aliphatic carbocycles. The maximum atomic E-state index is 12.2. The largest absolute Gasteiger partial charge is 0.449 e. The molecule has 5 rings (SSSR count). The van der Waals surface area contributed by atoms with Gasteiger partial charge in [0, 0.05) is 35.1 Å². The molecule has 0 radical (unpaired) electrons. The fourth-order valence-corrected chi connectivity index (χ4v) is 4.35. The van der Waals surface area contributed by atoms with Crippen molar-refractivity contribution in [3.63, 3.8) is 0 Å². The second kappa shape index (κ2) is 8.55. The molecule has 158 valence electrons. The summed E-state index contributed by atoms with van der Waals surface area (Å²) in [5.74, 6) is 0.0452. The first-order chi connectivity index (χ1) is 15.7. The summed E-state index contributed by atoms with van der Waals surface area (Å²) in [4.78, 5) is 26.4. The van der Waals surface area contributed by atoms with Crippen molar-refractivity contribution >= 4 is 29.4 Å². The molecule has 5 nitrogen and oxygen atoms in total. The molecule has 5 heteroatoms. The van der Waals surface area contributed by atoms with Gasteiger partial charge in [-0.1, -0.05) is 66.7 Å². The molecule has 1 aromatic heterocycles. The van der Waals surface area contributed by atoms with Crippen LogP contribution in [0.3, 0.4) is 0 Å². The lowest BCUT2D eigenvalue weighted by Gasteiger charge is -2.14. The summed E-state index contributed by atoms with van der Waals surface area (Å²) in [5.41, 5.74) is 7.30. The number of nitrogens with one attached hydrogen (secondary N) is 2. The van der Waals surface area contributed by atoms with Crippen LogP contribution < -0.4 is 5.32 Å². The van der Waals surface area contributed by atoms with E-state index >= 15 is 0 Å². The number of aromatic amines is 1. The lowest BCUT2D eigenvalue weighted by Crippen LogP contribution is -2.26. The zero-order valence-corrected chi connectivity index (χ0v) is 17.4. The molecular weight excluding hydrogens is 400 g/mol. The maximum Gasteiger partial charge on any atom is 0.407 e. The van der Waals surface area contributed by atoms with Crippen LogP contribution in [0.5, 0.6) is 0 Å². The Kier molecular flexibility index (Phi) is 5.30. The van der Waals surface area contributed by atoms with E-state index in [1.807, 2.05) is 54.6 Å². The van der Waals surface area contributed by atoms with Crippen molar-refractivity contribution in [1.29, 1.82) is 0 Å². The van der Waals surface area contributed by atoms with Gasteiger partial charge in [-0.3, -0.25) is 4.79 Å². The Morgan fingerprint density at radius 2 is 1.72 bits per heavy atom. The molecule has 0 spiro atoms. The standard InChI is InChI=1S/C27H22N2O3/c30-16-19-15-29-26-12-11-18(14-24(19)26)6-5-13-28-27(31)32-17-25-22-9-3-1-7-20(22)21-8-2-4-10-23(21)25/h1-12,14-16,25,29H,13,17H2,(H,28,31). The monoisotopic (exact) mass is 422 g/mol. The average Bonchev–Trinajstić information content (AvgIpc) is 3.39. The van der Waals surface area contributed by atoms with Crippen LogP contribution in [0.1, 0.15) is 33.0 Å². The van der Waals surface area contributed by atoms with E-state index in [2.05, 4.69) is 34.6 Å². The predicted octanol–water partition coefficient (Wildman–Crippen LogP) is 5.53. The number of carbonyl (C=O) groups is 2. The second-order valence-corrected chi connectivity index (χ2v) is 7.78. The van der Waals surface area contributed by atoms with Crippen molar-refractivity contribution in [3.8, 4) is 11.1 Å². The van der Waals surface area contributed by atoms with Crippen LogP contribution in [-0.4, -0.2) is 30.5 Å². The van der Waals surface area contributed by atoms with Gasteiger partial charge in [-0.15, -0.1) is 0 Å². The lowest BCUT2D eigenvalue weighted by molar-refractivity contribution is 0.112. The Morgan fingerprint density at radius 1 is 1.00 bits per heavy atom. The molecule has 0 unspecified atom stereocenters. The number of fused-ring (bicyclic) bond motifs is 4. The molecule has 2 N–H and O–H groups in total. The summed E-state index contributed by atoms with van der Waals surface area (Å²) in [6.45, 7) is 0.643. The average molecular weight is 422 g/mol. The molecule has 1 heterocycles. The lowest BCUT2D eigenvalue weighted by atomic mass is 9.98. The Balaban J connectivity index is 1.18. The smallest absolute Gasteiger partial charge is 0.407 e. The molecule has 0 saturated carbocycles. The van der Waals surface area contributed by atoms with Gasteiger partial charge in [0.25, 0.3) is 0 Å². The topological polar surface area (TPSA) is 71.2 Å². The minimum Gasteiger partial charge on any atom is -0.449 e. The van der Waals surface area contributed by atoms with Crippen LogP contribution in [-0.2, 0) is 4.74 Å². The quantitative estimate of drug-likeness (QED) is 0.401. The molecule has 0 bridgehead atoms. The van der Waals surface area contributed by atoms with Crippen LogP contribution in [0.4, 0.5) is 4.79 Å². The maximum absolute atomic E-state index is 12.2. The third-order valence-electron chi connectivity index (χ3n) is 5.88. The molecule has 0 fully saturated rings. The Labute approximate surface area is 185 Å². The first kappa shape index (κ1) is 19.8. The first-order valence-corrected chi connectivity index (χ1v) is 10.6. The number of aldehydes is 1. The van der Waals surface area contributed by atoms with Crippen molar-refractivity contribution in [2.45, 2.75) is 5.92 Å². The minimum atomic E-state index is -0.444. The Morgan fingerprint density at radius 3 is 2.44 bits per heavy atom. The second-order valence-electron chi connectivity index (χ2n) is 7.78. The highest BCUT2D eigenvalue weighted by molar-refractivity contribution is 5.98. The number of H-pyrrole nitrogens is 1. The van der Waals surface area contributed by atoms with E-state index in [0.717, 1.165) is 22.8 Å². The number of rotatable bonds is 6. The highest BCUT2D eigenvalue weighted by Crippen LogP contribution is 2.44. The number of alkyl carbamates (subject to hydrolysis) is 1. The van der Waals surface area contributed by atoms with Crippen LogP contribution in [0.2, 0.25) is 0 Å². The van der Waals surface area contributed by atoms with Crippen LogP contribution in [0.15, 0.2) is 79.0 Å². The van der Waals surface area contributed by atoms with Gasteiger partial charge in [-0.25, -0.2) is 4.79 Å². The molecule has 32 heavy (non-hydrogen) atoms. The summed E-state index contributed by atoms with van der Waals surface area (Å²) in [6.07, 6.45) is 5.86. The molecule has 0 atom stereocenters. The van der Waals surface area contributed by atoms with E-state index < -0.39 is 6.09 Å². The van der Waals surface area contributed by atoms with Gasteiger partial charge in [0.15, 0.2) is 6.29 Å². The van der Waals surface area contributed by atoms with Crippen LogP contribution in [0.25, 0.3) is 28.1 Å². The van der Waals surface area contributed by atoms with Crippen LogP contribution >= 0.6 is 0 Å². The number of benzene rings is 3. The van der Waals surface area contributed by atoms with Crippen molar-refractivity contribution in [2.24, 2.45) is 0 Å². The molecule has 0 aliphatic heterocycles. The summed E-state index contributed by atoms with van der Waals surface area (Å²) in [6, 6.07) is 22.4. The summed E-state index contributed by atoms with van der Waals surface area (Å²) in [5, 5.41) is 3.65. The molecule has 0 saturated heterocycles. The van der Waals surface area contributed by atoms with Crippen LogP contribution in [0, 0.1) is 0 Å². The zero-order valence-electron chi connectivity index (χ0n) is 17.4. The number of ether oxygens (including phenoxy) is 1. The summed E-state index contributed by atoms with van der Waals surface area (Å²) >= 11 is 0. The van der Waals surface area contributed by atoms with Gasteiger partial charge in [0.2, 0.25) is 0 Å². The minimum absolute atomic E-state index is 0.0452. The van der Waals surface area contributed by atoms with Crippen molar-refractivity contribution < 1.29 is 14.3 Å².